The molecule has 1 atom stereocenters. The number of fused-ring (bicyclic) bond motifs is 1. The number of aliphatic imine (C=N–C) groups is 1. The molecule has 0 saturated carbocycles. The van der Waals surface area contributed by atoms with E-state index in [9.17, 15) is 9.90 Å². The predicted octanol–water partition coefficient (Wildman–Crippen LogP) is 5.16. The van der Waals surface area contributed by atoms with Crippen LogP contribution >= 0.6 is 43.6 Å². The van der Waals surface area contributed by atoms with Crippen molar-refractivity contribution < 1.29 is 9.90 Å². The highest BCUT2D eigenvalue weighted by Gasteiger charge is 2.28. The molecule has 4 rings (SSSR count). The fourth-order valence-electron chi connectivity index (χ4n) is 3.21. The first-order valence-corrected chi connectivity index (χ1v) is 11.3. The van der Waals surface area contributed by atoms with Crippen molar-refractivity contribution in [3.05, 3.63) is 56.0 Å². The Balaban J connectivity index is 1.70. The minimum absolute atomic E-state index is 0.130. The second-order valence-electron chi connectivity index (χ2n) is 6.44. The molecule has 144 valence electrons. The molecule has 1 fully saturated rings. The Morgan fingerprint density at radius 3 is 2.75 bits per heavy atom. The molecule has 0 bridgehead atoms. The third-order valence-electron chi connectivity index (χ3n) is 4.57. The van der Waals surface area contributed by atoms with Crippen LogP contribution in [0.4, 0.5) is 5.69 Å². The number of hydrogen-bond acceptors (Lipinski definition) is 4. The van der Waals surface area contributed by atoms with Gasteiger partial charge in [-0.15, -0.1) is 0 Å². The monoisotopic (exact) mass is 521 g/mol. The Morgan fingerprint density at radius 2 is 2.04 bits per heavy atom. The predicted molar refractivity (Wildman–Crippen MR) is 123 cm³/mol. The lowest BCUT2D eigenvalue weighted by Gasteiger charge is -2.12. The smallest absolute Gasteiger partial charge is 0.256 e. The number of aromatic hydroxyl groups is 1. The average Bonchev–Trinajstić information content (AvgIpc) is 3.24. The summed E-state index contributed by atoms with van der Waals surface area (Å²) in [5, 5.41) is 17.2. The molecule has 3 N–H and O–H groups in total. The molecule has 28 heavy (non-hydrogen) atoms. The molecule has 2 heterocycles. The van der Waals surface area contributed by atoms with Gasteiger partial charge in [0.25, 0.3) is 5.91 Å². The van der Waals surface area contributed by atoms with Gasteiger partial charge < -0.3 is 15.7 Å². The van der Waals surface area contributed by atoms with E-state index in [0.717, 1.165) is 39.8 Å². The van der Waals surface area contributed by atoms with Crippen LogP contribution in [0, 0.1) is 0 Å². The van der Waals surface area contributed by atoms with E-state index in [2.05, 4.69) is 53.6 Å². The second-order valence-corrected chi connectivity index (χ2v) is 9.16. The quantitative estimate of drug-likeness (QED) is 0.486. The first kappa shape index (κ1) is 19.5. The van der Waals surface area contributed by atoms with Crippen LogP contribution in [0.2, 0.25) is 0 Å². The van der Waals surface area contributed by atoms with Crippen LogP contribution in [0.3, 0.4) is 0 Å². The van der Waals surface area contributed by atoms with Crippen molar-refractivity contribution in [2.75, 3.05) is 17.6 Å². The first-order chi connectivity index (χ1) is 13.5. The lowest BCUT2D eigenvalue weighted by molar-refractivity contribution is -0.110. The summed E-state index contributed by atoms with van der Waals surface area (Å²) in [4.78, 5) is 17.0. The fraction of sp³-hybridized carbons (Fsp3) is 0.200. The van der Waals surface area contributed by atoms with Gasteiger partial charge in [-0.25, -0.2) is 0 Å². The van der Waals surface area contributed by atoms with E-state index in [1.165, 1.54) is 0 Å². The lowest BCUT2D eigenvalue weighted by Crippen LogP contribution is -2.19. The summed E-state index contributed by atoms with van der Waals surface area (Å²) < 4.78 is 1.13. The lowest BCUT2D eigenvalue weighted by atomic mass is 9.99. The molecule has 2 aliphatic rings. The van der Waals surface area contributed by atoms with Crippen molar-refractivity contribution >= 4 is 72.0 Å². The van der Waals surface area contributed by atoms with Gasteiger partial charge >= 0.3 is 0 Å². The molecular weight excluding hydrogens is 506 g/mol. The van der Waals surface area contributed by atoms with Crippen molar-refractivity contribution in [3.8, 4) is 5.75 Å². The summed E-state index contributed by atoms with van der Waals surface area (Å²) in [7, 11) is 0. The van der Waals surface area contributed by atoms with Crippen LogP contribution < -0.4 is 10.6 Å². The van der Waals surface area contributed by atoms with Crippen molar-refractivity contribution in [2.24, 2.45) is 4.99 Å². The molecule has 0 radical (unpaired) electrons. The average molecular weight is 523 g/mol. The van der Waals surface area contributed by atoms with Gasteiger partial charge in [-0.3, -0.25) is 9.79 Å². The van der Waals surface area contributed by atoms with E-state index in [1.54, 1.807) is 23.9 Å². The van der Waals surface area contributed by atoms with E-state index in [4.69, 9.17) is 0 Å². The molecular formula is C20H17Br2N3O2S. The third kappa shape index (κ3) is 3.73. The summed E-state index contributed by atoms with van der Waals surface area (Å²) in [6.45, 7) is 2.78. The van der Waals surface area contributed by atoms with E-state index in [-0.39, 0.29) is 17.7 Å². The number of phenols is 1. The highest BCUT2D eigenvalue weighted by Crippen LogP contribution is 2.38. The molecule has 8 heteroatoms. The number of thioether (sulfide) groups is 1. The number of carbonyl (C=O) groups is 1. The highest BCUT2D eigenvalue weighted by atomic mass is 79.9. The largest absolute Gasteiger partial charge is 0.506 e. The zero-order valence-corrected chi connectivity index (χ0v) is 18.9. The highest BCUT2D eigenvalue weighted by molar-refractivity contribution is 9.11. The Morgan fingerprint density at radius 1 is 1.29 bits per heavy atom. The molecule has 1 amide bonds. The number of anilines is 1. The number of nitrogens with one attached hydrogen (secondary N) is 2. The summed E-state index contributed by atoms with van der Waals surface area (Å²) in [6.07, 6.45) is 1.83. The molecule has 2 aliphatic heterocycles. The van der Waals surface area contributed by atoms with Crippen LogP contribution in [0.15, 0.2) is 44.3 Å². The van der Waals surface area contributed by atoms with Crippen LogP contribution in [-0.2, 0) is 4.79 Å². The molecule has 0 aliphatic carbocycles. The number of amides is 1. The number of amidine groups is 1. The molecule has 1 unspecified atom stereocenters. The number of hydrogen-bond donors (Lipinski definition) is 3. The number of phenolic OH excluding ortho intramolecular Hbond substituents is 1. The van der Waals surface area contributed by atoms with Crippen LogP contribution in [0.5, 0.6) is 5.75 Å². The Hall–Kier alpha value is -1.77. The van der Waals surface area contributed by atoms with Gasteiger partial charge in [0.1, 0.15) is 5.75 Å². The Kier molecular flexibility index (Phi) is 5.53. The number of nitrogens with zero attached hydrogens (tertiary/aromatic N) is 1. The van der Waals surface area contributed by atoms with Gasteiger partial charge in [-0.1, -0.05) is 17.8 Å². The standard InChI is InChI=1S/C20H17Br2N3O2S/c1-2-23-20-25-17(9-28-20)11-3-4-16-12(8-11)13(19(27)24-16)5-10-6-14(21)18(26)15(22)7-10/h3-8,17,26H,2,9H2,1H3,(H,23,25)(H,24,27). The van der Waals surface area contributed by atoms with Gasteiger partial charge in [0.2, 0.25) is 0 Å². The van der Waals surface area contributed by atoms with Gasteiger partial charge in [0, 0.05) is 29.1 Å². The molecule has 0 spiro atoms. The van der Waals surface area contributed by atoms with Crippen LogP contribution in [0.1, 0.15) is 29.7 Å². The maximum atomic E-state index is 12.6. The number of halogens is 2. The maximum absolute atomic E-state index is 12.6. The van der Waals surface area contributed by atoms with Gasteiger partial charge in [-0.2, -0.15) is 0 Å². The zero-order chi connectivity index (χ0) is 19.8. The molecule has 1 saturated heterocycles. The van der Waals surface area contributed by atoms with Crippen molar-refractivity contribution in [1.29, 1.82) is 0 Å². The first-order valence-electron chi connectivity index (χ1n) is 8.75. The van der Waals surface area contributed by atoms with E-state index >= 15 is 0 Å². The van der Waals surface area contributed by atoms with E-state index < -0.39 is 0 Å². The Bertz CT molecular complexity index is 1010. The van der Waals surface area contributed by atoms with Crippen LogP contribution in [-0.4, -0.2) is 28.5 Å². The van der Waals surface area contributed by atoms with Crippen molar-refractivity contribution in [3.63, 3.8) is 0 Å². The minimum Gasteiger partial charge on any atom is -0.506 e. The number of rotatable bonds is 3. The van der Waals surface area contributed by atoms with Gasteiger partial charge in [-0.05, 0) is 80.3 Å². The maximum Gasteiger partial charge on any atom is 0.256 e. The molecule has 2 aromatic carbocycles. The van der Waals surface area contributed by atoms with Gasteiger partial charge in [0.05, 0.1) is 15.0 Å². The summed E-state index contributed by atoms with van der Waals surface area (Å²) >= 11 is 8.39. The Labute approximate surface area is 184 Å². The normalized spacial score (nSPS) is 21.1. The minimum atomic E-state index is -0.130. The summed E-state index contributed by atoms with van der Waals surface area (Å²) in [5.41, 5.74) is 4.24. The third-order valence-corrected chi connectivity index (χ3v) is 6.79. The van der Waals surface area contributed by atoms with Crippen LogP contribution in [0.25, 0.3) is 11.6 Å². The van der Waals surface area contributed by atoms with Gasteiger partial charge in [0.15, 0.2) is 5.17 Å². The zero-order valence-electron chi connectivity index (χ0n) is 14.9. The topological polar surface area (TPSA) is 73.7 Å². The molecule has 0 aromatic heterocycles. The van der Waals surface area contributed by atoms with Crippen molar-refractivity contribution in [2.45, 2.75) is 13.0 Å². The molecule has 2 aromatic rings. The summed E-state index contributed by atoms with van der Waals surface area (Å²) in [6, 6.07) is 9.80. The SMILES string of the molecule is CCN=C1NC(c2ccc3c(c2)C(=Cc2cc(Br)c(O)c(Br)c2)C(=O)N3)CS1. The van der Waals surface area contributed by atoms with E-state index in [0.29, 0.717) is 14.5 Å². The fourth-order valence-corrected chi connectivity index (χ4v) is 5.48. The molecule has 5 nitrogen and oxygen atoms in total. The van der Waals surface area contributed by atoms with Crippen molar-refractivity contribution in [1.82, 2.24) is 5.32 Å². The van der Waals surface area contributed by atoms with E-state index in [1.807, 2.05) is 25.1 Å². The number of carbonyl (C=O) groups excluding carboxylic acids is 1. The summed E-state index contributed by atoms with van der Waals surface area (Å²) in [5.74, 6) is 0.917. The number of benzene rings is 2. The second kappa shape index (κ2) is 7.93.